The van der Waals surface area contributed by atoms with Gasteiger partial charge in [0, 0.05) is 53.0 Å². The molecule has 1 aromatic heterocycles. The van der Waals surface area contributed by atoms with E-state index in [9.17, 15) is 9.18 Å². The second kappa shape index (κ2) is 10.2. The Morgan fingerprint density at radius 2 is 1.84 bits per heavy atom. The summed E-state index contributed by atoms with van der Waals surface area (Å²) in [5.74, 6) is 0.540. The minimum Gasteiger partial charge on any atom is -0.368 e. The maximum atomic E-state index is 13.1. The summed E-state index contributed by atoms with van der Waals surface area (Å²) in [5.41, 5.74) is 2.78. The van der Waals surface area contributed by atoms with Gasteiger partial charge in [-0.05, 0) is 42.0 Å². The van der Waals surface area contributed by atoms with Crippen LogP contribution in [0, 0.1) is 5.82 Å². The third-order valence-electron chi connectivity index (χ3n) is 5.05. The number of aromatic nitrogens is 1. The van der Waals surface area contributed by atoms with Crippen molar-refractivity contribution in [3.63, 3.8) is 0 Å². The van der Waals surface area contributed by atoms with Crippen LogP contribution < -0.4 is 4.90 Å². The summed E-state index contributed by atoms with van der Waals surface area (Å²) in [6.07, 6.45) is 0.301. The molecule has 0 atom stereocenters. The molecule has 1 saturated heterocycles. The van der Waals surface area contributed by atoms with Crippen molar-refractivity contribution in [2.45, 2.75) is 16.5 Å². The molecule has 2 heterocycles. The number of carbonyl (C=O) groups is 1. The van der Waals surface area contributed by atoms with E-state index in [4.69, 9.17) is 23.2 Å². The van der Waals surface area contributed by atoms with Gasteiger partial charge in [0.05, 0.1) is 12.1 Å². The monoisotopic (exact) mass is 495 g/mol. The van der Waals surface area contributed by atoms with Crippen LogP contribution in [0.3, 0.4) is 0 Å². The Kier molecular flexibility index (Phi) is 7.38. The van der Waals surface area contributed by atoms with Gasteiger partial charge in [0.15, 0.2) is 0 Å². The van der Waals surface area contributed by atoms with E-state index in [1.807, 2.05) is 22.4 Å². The summed E-state index contributed by atoms with van der Waals surface area (Å²) >= 11 is 15.3. The molecule has 4 nitrogen and oxygen atoms in total. The molecule has 1 aliphatic heterocycles. The Balaban J connectivity index is 1.26. The largest absolute Gasteiger partial charge is 0.368 e. The van der Waals surface area contributed by atoms with Gasteiger partial charge >= 0.3 is 0 Å². The third-order valence-corrected chi connectivity index (χ3v) is 7.76. The van der Waals surface area contributed by atoms with Gasteiger partial charge in [-0.25, -0.2) is 9.37 Å². The fraction of sp³-hybridized carbons (Fsp3) is 0.273. The van der Waals surface area contributed by atoms with Crippen LogP contribution >= 0.6 is 46.3 Å². The molecule has 3 aromatic rings. The number of rotatable bonds is 6. The molecule has 4 rings (SSSR count). The number of amides is 1. The molecular formula is C22H20Cl2FN3OS2. The van der Waals surface area contributed by atoms with Crippen molar-refractivity contribution in [2.24, 2.45) is 0 Å². The first-order chi connectivity index (χ1) is 15.0. The number of nitrogens with zero attached hydrogens (tertiary/aromatic N) is 3. The molecular weight excluding hydrogens is 476 g/mol. The molecule has 0 saturated carbocycles. The zero-order chi connectivity index (χ0) is 21.8. The number of halogens is 3. The molecule has 31 heavy (non-hydrogen) atoms. The number of thiazole rings is 1. The lowest BCUT2D eigenvalue weighted by atomic mass is 10.2. The van der Waals surface area contributed by atoms with Gasteiger partial charge in [-0.3, -0.25) is 4.79 Å². The molecule has 0 unspecified atom stereocenters. The lowest BCUT2D eigenvalue weighted by Gasteiger charge is -2.36. The molecule has 162 valence electrons. The van der Waals surface area contributed by atoms with Crippen LogP contribution in [0.15, 0.2) is 52.2 Å². The molecule has 0 N–H and O–H groups in total. The van der Waals surface area contributed by atoms with Gasteiger partial charge < -0.3 is 9.80 Å². The van der Waals surface area contributed by atoms with Crippen molar-refractivity contribution in [2.75, 3.05) is 31.1 Å². The van der Waals surface area contributed by atoms with E-state index < -0.39 is 0 Å². The van der Waals surface area contributed by atoms with E-state index in [1.165, 1.54) is 23.5 Å². The number of thioether (sulfide) groups is 1. The van der Waals surface area contributed by atoms with Crippen molar-refractivity contribution in [3.05, 3.63) is 75.0 Å². The predicted molar refractivity (Wildman–Crippen MR) is 127 cm³/mol. The SMILES string of the molecule is O=C(Cc1csc(SCc2ccc(Cl)cc2Cl)n1)N1CCN(c2ccc(F)cc2)CC1. The fourth-order valence-corrected chi connectivity index (χ4v) is 5.75. The number of hydrogen-bond acceptors (Lipinski definition) is 5. The number of benzene rings is 2. The Morgan fingerprint density at radius 1 is 1.10 bits per heavy atom. The highest BCUT2D eigenvalue weighted by Gasteiger charge is 2.22. The molecule has 0 bridgehead atoms. The average Bonchev–Trinajstić information content (AvgIpc) is 3.21. The van der Waals surface area contributed by atoms with Crippen molar-refractivity contribution in [1.82, 2.24) is 9.88 Å². The second-order valence-electron chi connectivity index (χ2n) is 7.15. The van der Waals surface area contributed by atoms with Crippen LogP contribution in [0.25, 0.3) is 0 Å². The van der Waals surface area contributed by atoms with Crippen molar-refractivity contribution in [1.29, 1.82) is 0 Å². The lowest BCUT2D eigenvalue weighted by Crippen LogP contribution is -2.49. The topological polar surface area (TPSA) is 36.4 Å². The molecule has 0 spiro atoms. The molecule has 9 heteroatoms. The van der Waals surface area contributed by atoms with Gasteiger partial charge in [-0.1, -0.05) is 41.0 Å². The highest BCUT2D eigenvalue weighted by Crippen LogP contribution is 2.30. The summed E-state index contributed by atoms with van der Waals surface area (Å²) in [4.78, 5) is 21.3. The highest BCUT2D eigenvalue weighted by atomic mass is 35.5. The van der Waals surface area contributed by atoms with Crippen LogP contribution in [-0.4, -0.2) is 42.0 Å². The summed E-state index contributed by atoms with van der Waals surface area (Å²) in [5, 5.41) is 3.21. The predicted octanol–water partition coefficient (Wildman–Crippen LogP) is 5.77. The number of anilines is 1. The Hall–Kier alpha value is -1.80. The van der Waals surface area contributed by atoms with E-state index in [-0.39, 0.29) is 11.7 Å². The van der Waals surface area contributed by atoms with Crippen LogP contribution in [0.2, 0.25) is 10.0 Å². The fourth-order valence-electron chi connectivity index (χ4n) is 3.35. The van der Waals surface area contributed by atoms with Crippen molar-refractivity contribution < 1.29 is 9.18 Å². The maximum Gasteiger partial charge on any atom is 0.228 e. The molecule has 1 fully saturated rings. The normalized spacial score (nSPS) is 14.2. The van der Waals surface area contributed by atoms with E-state index in [2.05, 4.69) is 9.88 Å². The number of hydrogen-bond donors (Lipinski definition) is 0. The Morgan fingerprint density at radius 3 is 2.55 bits per heavy atom. The summed E-state index contributed by atoms with van der Waals surface area (Å²) in [6.45, 7) is 2.77. The number of piperazine rings is 1. The summed E-state index contributed by atoms with van der Waals surface area (Å²) in [6, 6.07) is 12.0. The Labute approximate surface area is 199 Å². The van der Waals surface area contributed by atoms with Crippen LogP contribution in [-0.2, 0) is 17.0 Å². The minimum atomic E-state index is -0.241. The third kappa shape index (κ3) is 5.92. The van der Waals surface area contributed by atoms with E-state index in [0.29, 0.717) is 35.3 Å². The standard InChI is InChI=1S/C22H20Cl2FN3OS2/c23-16-2-1-15(20(24)11-16)13-30-22-26-18(14-31-22)12-21(29)28-9-7-27(8-10-28)19-5-3-17(25)4-6-19/h1-6,11,14H,7-10,12-13H2. The first-order valence-electron chi connectivity index (χ1n) is 9.77. The molecule has 0 aliphatic carbocycles. The molecule has 0 radical (unpaired) electrons. The molecule has 1 aliphatic rings. The maximum absolute atomic E-state index is 13.1. The zero-order valence-electron chi connectivity index (χ0n) is 16.6. The lowest BCUT2D eigenvalue weighted by molar-refractivity contribution is -0.130. The zero-order valence-corrected chi connectivity index (χ0v) is 19.7. The summed E-state index contributed by atoms with van der Waals surface area (Å²) < 4.78 is 14.0. The van der Waals surface area contributed by atoms with Crippen molar-refractivity contribution in [3.8, 4) is 0 Å². The van der Waals surface area contributed by atoms with Crippen LogP contribution in [0.5, 0.6) is 0 Å². The summed E-state index contributed by atoms with van der Waals surface area (Å²) in [7, 11) is 0. The quantitative estimate of drug-likeness (QED) is 0.406. The number of carbonyl (C=O) groups excluding carboxylic acids is 1. The van der Waals surface area contributed by atoms with Crippen LogP contribution in [0.1, 0.15) is 11.3 Å². The van der Waals surface area contributed by atoms with E-state index in [1.54, 1.807) is 30.0 Å². The van der Waals surface area contributed by atoms with Gasteiger partial charge in [0.25, 0.3) is 0 Å². The highest BCUT2D eigenvalue weighted by molar-refractivity contribution is 8.00. The van der Waals surface area contributed by atoms with E-state index >= 15 is 0 Å². The van der Waals surface area contributed by atoms with Gasteiger partial charge in [-0.15, -0.1) is 11.3 Å². The molecule has 2 aromatic carbocycles. The van der Waals surface area contributed by atoms with Gasteiger partial charge in [0.2, 0.25) is 5.91 Å². The smallest absolute Gasteiger partial charge is 0.228 e. The van der Waals surface area contributed by atoms with Gasteiger partial charge in [-0.2, -0.15) is 0 Å². The first-order valence-corrected chi connectivity index (χ1v) is 12.4. The van der Waals surface area contributed by atoms with Crippen LogP contribution in [0.4, 0.5) is 10.1 Å². The first kappa shape index (κ1) is 22.4. The van der Waals surface area contributed by atoms with E-state index in [0.717, 1.165) is 34.4 Å². The van der Waals surface area contributed by atoms with Crippen molar-refractivity contribution >= 4 is 57.9 Å². The van der Waals surface area contributed by atoms with Gasteiger partial charge in [0.1, 0.15) is 10.2 Å². The molecule has 1 amide bonds. The Bertz CT molecular complexity index is 1050. The average molecular weight is 496 g/mol. The minimum absolute atomic E-state index is 0.0846. The second-order valence-corrected chi connectivity index (χ2v) is 10.1.